The van der Waals surface area contributed by atoms with Gasteiger partial charge in [-0.15, -0.1) is 0 Å². The number of nitrogens with one attached hydrogen (secondary N) is 2. The van der Waals surface area contributed by atoms with E-state index >= 15 is 0 Å². The fourth-order valence-corrected chi connectivity index (χ4v) is 2.66. The van der Waals surface area contributed by atoms with E-state index in [4.69, 9.17) is 5.11 Å². The Hall–Kier alpha value is -2.14. The molecule has 0 bridgehead atoms. The van der Waals surface area contributed by atoms with Crippen LogP contribution in [0.2, 0.25) is 0 Å². The van der Waals surface area contributed by atoms with Crippen LogP contribution < -0.4 is 5.32 Å². The summed E-state index contributed by atoms with van der Waals surface area (Å²) in [6.07, 6.45) is 6.12. The van der Waals surface area contributed by atoms with Crippen molar-refractivity contribution in [1.82, 2.24) is 15.3 Å². The van der Waals surface area contributed by atoms with Gasteiger partial charge in [0.25, 0.3) is 0 Å². The number of aromatic amines is 1. The lowest BCUT2D eigenvalue weighted by Gasteiger charge is -2.39. The first-order chi connectivity index (χ1) is 9.63. The molecule has 1 saturated carbocycles. The predicted octanol–water partition coefficient (Wildman–Crippen LogP) is 2.26. The smallest absolute Gasteiger partial charge is 0.328 e. The number of fused-ring (bicyclic) bond motifs is 1. The number of carboxylic acids is 1. The summed E-state index contributed by atoms with van der Waals surface area (Å²) in [5.74, 6) is 0.0274. The molecular formula is C15H17N3O2. The number of hydrogen-bond donors (Lipinski definition) is 3. The van der Waals surface area contributed by atoms with Gasteiger partial charge in [-0.1, -0.05) is 6.07 Å². The number of rotatable bonds is 4. The standard InChI is InChI=1S/C15H17N3O2/c1-16-15(7-2-8-15)14-17-11-5-3-10(4-6-13(19)20)9-12(11)18-14/h3-6,9,16H,2,7-8H2,1H3,(H,17,18)(H,19,20)/b6-4+. The summed E-state index contributed by atoms with van der Waals surface area (Å²) in [6.45, 7) is 0. The first kappa shape index (κ1) is 12.9. The van der Waals surface area contributed by atoms with Crippen LogP contribution in [0.1, 0.15) is 30.7 Å². The zero-order valence-corrected chi connectivity index (χ0v) is 11.3. The molecule has 0 amide bonds. The van der Waals surface area contributed by atoms with Crippen molar-refractivity contribution >= 4 is 23.1 Å². The zero-order chi connectivity index (χ0) is 14.2. The van der Waals surface area contributed by atoms with E-state index in [0.717, 1.165) is 41.3 Å². The van der Waals surface area contributed by atoms with Gasteiger partial charge in [0.15, 0.2) is 0 Å². The van der Waals surface area contributed by atoms with Gasteiger partial charge in [0.1, 0.15) is 5.82 Å². The van der Waals surface area contributed by atoms with Crippen LogP contribution in [0.5, 0.6) is 0 Å². The van der Waals surface area contributed by atoms with Crippen molar-refractivity contribution in [2.24, 2.45) is 0 Å². The number of aromatic nitrogens is 2. The van der Waals surface area contributed by atoms with Crippen molar-refractivity contribution in [3.05, 3.63) is 35.7 Å². The lowest BCUT2D eigenvalue weighted by atomic mass is 9.76. The fraction of sp³-hybridized carbons (Fsp3) is 0.333. The molecule has 1 fully saturated rings. The van der Waals surface area contributed by atoms with Crippen molar-refractivity contribution in [3.8, 4) is 0 Å². The normalized spacial score (nSPS) is 17.4. The van der Waals surface area contributed by atoms with Gasteiger partial charge in [-0.2, -0.15) is 0 Å². The Morgan fingerprint density at radius 1 is 1.50 bits per heavy atom. The molecule has 1 aliphatic rings. The third-order valence-corrected chi connectivity index (χ3v) is 4.06. The Morgan fingerprint density at radius 3 is 2.90 bits per heavy atom. The Labute approximate surface area is 116 Å². The van der Waals surface area contributed by atoms with Gasteiger partial charge in [-0.05, 0) is 50.1 Å². The minimum atomic E-state index is -0.945. The van der Waals surface area contributed by atoms with Crippen molar-refractivity contribution in [2.75, 3.05) is 7.05 Å². The summed E-state index contributed by atoms with van der Waals surface area (Å²) in [4.78, 5) is 18.6. The third-order valence-electron chi connectivity index (χ3n) is 4.06. The Bertz CT molecular complexity index is 678. The minimum absolute atomic E-state index is 0.0178. The second-order valence-corrected chi connectivity index (χ2v) is 5.22. The number of imidazole rings is 1. The molecule has 5 nitrogen and oxygen atoms in total. The monoisotopic (exact) mass is 271 g/mol. The largest absolute Gasteiger partial charge is 0.478 e. The summed E-state index contributed by atoms with van der Waals surface area (Å²) in [7, 11) is 1.97. The molecule has 1 aliphatic carbocycles. The maximum absolute atomic E-state index is 10.5. The van der Waals surface area contributed by atoms with E-state index < -0.39 is 5.97 Å². The summed E-state index contributed by atoms with van der Waals surface area (Å²) in [6, 6.07) is 5.71. The second kappa shape index (κ2) is 4.76. The van der Waals surface area contributed by atoms with E-state index in [1.54, 1.807) is 6.08 Å². The van der Waals surface area contributed by atoms with Crippen LogP contribution in [-0.4, -0.2) is 28.1 Å². The van der Waals surface area contributed by atoms with Crippen molar-refractivity contribution in [3.63, 3.8) is 0 Å². The maximum Gasteiger partial charge on any atom is 0.328 e. The number of carboxylic acid groups (broad SMARTS) is 1. The Morgan fingerprint density at radius 2 is 2.30 bits per heavy atom. The lowest BCUT2D eigenvalue weighted by molar-refractivity contribution is -0.131. The SMILES string of the molecule is CNC1(c2nc3ccc(/C=C/C(=O)O)cc3[nH]2)CCC1. The van der Waals surface area contributed by atoms with E-state index in [1.165, 1.54) is 6.42 Å². The molecule has 20 heavy (non-hydrogen) atoms. The van der Waals surface area contributed by atoms with Gasteiger partial charge in [0, 0.05) is 6.08 Å². The lowest BCUT2D eigenvalue weighted by Crippen LogP contribution is -2.46. The first-order valence-electron chi connectivity index (χ1n) is 6.73. The highest BCUT2D eigenvalue weighted by molar-refractivity contribution is 5.86. The highest BCUT2D eigenvalue weighted by Crippen LogP contribution is 2.40. The molecular weight excluding hydrogens is 254 g/mol. The van der Waals surface area contributed by atoms with Crippen LogP contribution >= 0.6 is 0 Å². The highest BCUT2D eigenvalue weighted by Gasteiger charge is 2.39. The topological polar surface area (TPSA) is 78.0 Å². The maximum atomic E-state index is 10.5. The molecule has 0 atom stereocenters. The predicted molar refractivity (Wildman–Crippen MR) is 77.4 cm³/mol. The number of carbonyl (C=O) groups is 1. The van der Waals surface area contributed by atoms with Gasteiger partial charge in [-0.3, -0.25) is 0 Å². The summed E-state index contributed by atoms with van der Waals surface area (Å²) in [5, 5.41) is 12.0. The van der Waals surface area contributed by atoms with Crippen LogP contribution in [0.3, 0.4) is 0 Å². The van der Waals surface area contributed by atoms with Gasteiger partial charge >= 0.3 is 5.97 Å². The van der Waals surface area contributed by atoms with Gasteiger partial charge in [0.2, 0.25) is 0 Å². The van der Waals surface area contributed by atoms with Crippen LogP contribution in [0.15, 0.2) is 24.3 Å². The molecule has 3 N–H and O–H groups in total. The molecule has 1 aromatic carbocycles. The number of H-pyrrole nitrogens is 1. The Balaban J connectivity index is 1.97. The van der Waals surface area contributed by atoms with E-state index in [9.17, 15) is 4.79 Å². The molecule has 0 aliphatic heterocycles. The quantitative estimate of drug-likeness (QED) is 0.745. The van der Waals surface area contributed by atoms with Crippen molar-refractivity contribution < 1.29 is 9.90 Å². The summed E-state index contributed by atoms with van der Waals surface area (Å²) in [5.41, 5.74) is 2.68. The molecule has 1 aromatic heterocycles. The summed E-state index contributed by atoms with van der Waals surface area (Å²) < 4.78 is 0. The fourth-order valence-electron chi connectivity index (χ4n) is 2.66. The van der Waals surface area contributed by atoms with Gasteiger partial charge < -0.3 is 15.4 Å². The van der Waals surface area contributed by atoms with Crippen LogP contribution in [-0.2, 0) is 10.3 Å². The number of aliphatic carboxylic acids is 1. The molecule has 0 radical (unpaired) electrons. The van der Waals surface area contributed by atoms with Gasteiger partial charge in [0.05, 0.1) is 16.6 Å². The third kappa shape index (κ3) is 2.10. The molecule has 5 heteroatoms. The van der Waals surface area contributed by atoms with Crippen LogP contribution in [0, 0.1) is 0 Å². The average Bonchev–Trinajstić information content (AvgIpc) is 2.78. The first-order valence-corrected chi connectivity index (χ1v) is 6.73. The zero-order valence-electron chi connectivity index (χ0n) is 11.3. The van der Waals surface area contributed by atoms with Crippen molar-refractivity contribution in [1.29, 1.82) is 0 Å². The van der Waals surface area contributed by atoms with E-state index in [1.807, 2.05) is 25.2 Å². The Kier molecular flexibility index (Phi) is 3.06. The van der Waals surface area contributed by atoms with E-state index in [-0.39, 0.29) is 5.54 Å². The van der Waals surface area contributed by atoms with E-state index in [0.29, 0.717) is 0 Å². The van der Waals surface area contributed by atoms with E-state index in [2.05, 4.69) is 15.3 Å². The molecule has 0 spiro atoms. The van der Waals surface area contributed by atoms with Crippen molar-refractivity contribution in [2.45, 2.75) is 24.8 Å². The summed E-state index contributed by atoms with van der Waals surface area (Å²) >= 11 is 0. The molecule has 104 valence electrons. The highest BCUT2D eigenvalue weighted by atomic mass is 16.4. The molecule has 0 unspecified atom stereocenters. The number of benzene rings is 1. The number of nitrogens with zero attached hydrogens (tertiary/aromatic N) is 1. The minimum Gasteiger partial charge on any atom is -0.478 e. The average molecular weight is 271 g/mol. The van der Waals surface area contributed by atoms with Gasteiger partial charge in [-0.25, -0.2) is 9.78 Å². The number of hydrogen-bond acceptors (Lipinski definition) is 3. The molecule has 1 heterocycles. The second-order valence-electron chi connectivity index (χ2n) is 5.22. The molecule has 0 saturated heterocycles. The molecule has 3 rings (SSSR count). The van der Waals surface area contributed by atoms with Crippen LogP contribution in [0.25, 0.3) is 17.1 Å². The molecule has 2 aromatic rings. The van der Waals surface area contributed by atoms with Crippen LogP contribution in [0.4, 0.5) is 0 Å².